The average Bonchev–Trinajstić information content (AvgIpc) is 3.23. The summed E-state index contributed by atoms with van der Waals surface area (Å²) in [6.07, 6.45) is -1.05. The summed E-state index contributed by atoms with van der Waals surface area (Å²) in [5.41, 5.74) is 1.59. The van der Waals surface area contributed by atoms with Crippen LogP contribution in [0.5, 0.6) is 11.5 Å². The Morgan fingerprint density at radius 2 is 1.71 bits per heavy atom. The number of amides is 1. The van der Waals surface area contributed by atoms with Gasteiger partial charge >= 0.3 is 5.97 Å². The molecule has 0 bridgehead atoms. The number of rotatable bonds is 7. The van der Waals surface area contributed by atoms with Gasteiger partial charge in [0, 0.05) is 17.0 Å². The van der Waals surface area contributed by atoms with Crippen LogP contribution in [-0.4, -0.2) is 37.2 Å². The Kier molecular flexibility index (Phi) is 7.37. The van der Waals surface area contributed by atoms with Crippen molar-refractivity contribution in [1.29, 1.82) is 0 Å². The van der Waals surface area contributed by atoms with Crippen molar-refractivity contribution in [3.8, 4) is 22.8 Å². The molecule has 0 fully saturated rings. The topological polar surface area (TPSA) is 86.8 Å². The maximum absolute atomic E-state index is 12.5. The van der Waals surface area contributed by atoms with Crippen LogP contribution in [0.1, 0.15) is 17.3 Å². The third-order valence-electron chi connectivity index (χ3n) is 4.19. The van der Waals surface area contributed by atoms with Crippen LogP contribution in [0.25, 0.3) is 11.3 Å². The number of hydrogen-bond donors (Lipinski definition) is 1. The monoisotopic (exact) mass is 480 g/mol. The minimum absolute atomic E-state index is 0.201. The van der Waals surface area contributed by atoms with Gasteiger partial charge in [-0.2, -0.15) is 0 Å². The molecule has 2 aromatic carbocycles. The second-order valence-corrected chi connectivity index (χ2v) is 7.98. The molecular formula is C21H18Cl2N2O5S. The van der Waals surface area contributed by atoms with Crippen molar-refractivity contribution in [2.24, 2.45) is 0 Å². The first kappa shape index (κ1) is 22.9. The molecule has 0 aliphatic rings. The standard InChI is InChI=1S/C21H18Cl2N2O5S/c1-11(30-20(27)13-6-14(28-2)9-15(7-13)29-3)19(26)25-21-24-18(10-31-21)12-4-5-16(22)17(23)8-12/h4-11H,1-3H3,(H,24,25,26)/t11-/m0/s1. The molecule has 1 atom stereocenters. The number of aromatic nitrogens is 1. The van der Waals surface area contributed by atoms with Gasteiger partial charge in [-0.25, -0.2) is 9.78 Å². The number of carbonyl (C=O) groups is 2. The summed E-state index contributed by atoms with van der Waals surface area (Å²) in [6.45, 7) is 1.47. The molecule has 10 heteroatoms. The van der Waals surface area contributed by atoms with Gasteiger partial charge in [0.2, 0.25) is 0 Å². The number of methoxy groups -OCH3 is 2. The largest absolute Gasteiger partial charge is 0.497 e. The fraction of sp³-hybridized carbons (Fsp3) is 0.190. The molecular weight excluding hydrogens is 463 g/mol. The highest BCUT2D eigenvalue weighted by Gasteiger charge is 2.21. The van der Waals surface area contributed by atoms with Crippen LogP contribution in [0.3, 0.4) is 0 Å². The fourth-order valence-corrected chi connectivity index (χ4v) is 3.55. The Bertz CT molecular complexity index is 1100. The number of nitrogens with one attached hydrogen (secondary N) is 1. The number of hydrogen-bond acceptors (Lipinski definition) is 7. The molecule has 0 spiro atoms. The van der Waals surface area contributed by atoms with Crippen LogP contribution in [-0.2, 0) is 9.53 Å². The second kappa shape index (κ2) is 10.00. The van der Waals surface area contributed by atoms with Crippen molar-refractivity contribution in [2.75, 3.05) is 19.5 Å². The van der Waals surface area contributed by atoms with Crippen molar-refractivity contribution in [1.82, 2.24) is 4.98 Å². The van der Waals surface area contributed by atoms with Crippen LogP contribution >= 0.6 is 34.5 Å². The summed E-state index contributed by atoms with van der Waals surface area (Å²) in [4.78, 5) is 29.3. The predicted molar refractivity (Wildman–Crippen MR) is 121 cm³/mol. The summed E-state index contributed by atoms with van der Waals surface area (Å²) in [6, 6.07) is 9.77. The summed E-state index contributed by atoms with van der Waals surface area (Å²) >= 11 is 13.2. The number of ether oxygens (including phenoxy) is 3. The van der Waals surface area contributed by atoms with Gasteiger partial charge in [-0.1, -0.05) is 29.3 Å². The number of halogens is 2. The Hall–Kier alpha value is -2.81. The first-order chi connectivity index (χ1) is 14.8. The lowest BCUT2D eigenvalue weighted by Crippen LogP contribution is -2.30. The third-order valence-corrected chi connectivity index (χ3v) is 5.69. The molecule has 1 aromatic heterocycles. The SMILES string of the molecule is COc1cc(OC)cc(C(=O)O[C@@H](C)C(=O)Nc2nc(-c3ccc(Cl)c(Cl)c3)cs2)c1. The van der Waals surface area contributed by atoms with Crippen molar-refractivity contribution in [2.45, 2.75) is 13.0 Å². The van der Waals surface area contributed by atoms with E-state index in [1.807, 2.05) is 0 Å². The first-order valence-corrected chi connectivity index (χ1v) is 10.6. The van der Waals surface area contributed by atoms with Gasteiger partial charge in [-0.15, -0.1) is 11.3 Å². The minimum atomic E-state index is -1.05. The van der Waals surface area contributed by atoms with E-state index in [0.29, 0.717) is 32.4 Å². The minimum Gasteiger partial charge on any atom is -0.497 e. The molecule has 0 unspecified atom stereocenters. The van der Waals surface area contributed by atoms with E-state index in [1.54, 1.807) is 29.6 Å². The summed E-state index contributed by atoms with van der Waals surface area (Å²) in [7, 11) is 2.94. The van der Waals surface area contributed by atoms with Crippen LogP contribution in [0.15, 0.2) is 41.8 Å². The van der Waals surface area contributed by atoms with Gasteiger partial charge in [0.15, 0.2) is 11.2 Å². The number of benzene rings is 2. The fourth-order valence-electron chi connectivity index (χ4n) is 2.53. The highest BCUT2D eigenvalue weighted by atomic mass is 35.5. The highest BCUT2D eigenvalue weighted by molar-refractivity contribution is 7.14. The number of carbonyl (C=O) groups excluding carboxylic acids is 2. The van der Waals surface area contributed by atoms with Crippen molar-refractivity contribution in [3.05, 3.63) is 57.4 Å². The van der Waals surface area contributed by atoms with Crippen LogP contribution in [0.4, 0.5) is 5.13 Å². The van der Waals surface area contributed by atoms with Crippen LogP contribution in [0.2, 0.25) is 10.0 Å². The molecule has 3 rings (SSSR count). The van der Waals surface area contributed by atoms with Crippen molar-refractivity contribution < 1.29 is 23.8 Å². The van der Waals surface area contributed by atoms with E-state index in [-0.39, 0.29) is 5.56 Å². The van der Waals surface area contributed by atoms with Gasteiger partial charge in [-0.3, -0.25) is 10.1 Å². The van der Waals surface area contributed by atoms with Crippen molar-refractivity contribution >= 4 is 51.5 Å². The van der Waals surface area contributed by atoms with Gasteiger partial charge in [0.05, 0.1) is 35.5 Å². The number of thiazole rings is 1. The van der Waals surface area contributed by atoms with E-state index >= 15 is 0 Å². The maximum Gasteiger partial charge on any atom is 0.339 e. The average molecular weight is 481 g/mol. The molecule has 0 aliphatic heterocycles. The molecule has 162 valence electrons. The number of anilines is 1. The molecule has 31 heavy (non-hydrogen) atoms. The second-order valence-electron chi connectivity index (χ2n) is 6.30. The van der Waals surface area contributed by atoms with Crippen LogP contribution in [0, 0.1) is 0 Å². The third kappa shape index (κ3) is 5.66. The maximum atomic E-state index is 12.5. The Balaban J connectivity index is 1.65. The lowest BCUT2D eigenvalue weighted by molar-refractivity contribution is -0.123. The first-order valence-electron chi connectivity index (χ1n) is 8.96. The van der Waals surface area contributed by atoms with E-state index in [9.17, 15) is 9.59 Å². The zero-order valence-electron chi connectivity index (χ0n) is 16.8. The Morgan fingerprint density at radius 1 is 1.03 bits per heavy atom. The molecule has 0 saturated carbocycles. The summed E-state index contributed by atoms with van der Waals surface area (Å²) < 4.78 is 15.6. The van der Waals surface area contributed by atoms with E-state index in [1.165, 1.54) is 44.6 Å². The number of esters is 1. The lowest BCUT2D eigenvalue weighted by Gasteiger charge is -2.13. The molecule has 7 nitrogen and oxygen atoms in total. The quantitative estimate of drug-likeness (QED) is 0.460. The number of nitrogens with zero attached hydrogens (tertiary/aromatic N) is 1. The van der Waals surface area contributed by atoms with Gasteiger partial charge in [0.1, 0.15) is 11.5 Å². The molecule has 1 heterocycles. The zero-order valence-corrected chi connectivity index (χ0v) is 19.1. The van der Waals surface area contributed by atoms with E-state index in [0.717, 1.165) is 5.56 Å². The molecule has 0 aliphatic carbocycles. The summed E-state index contributed by atoms with van der Waals surface area (Å²) in [5.74, 6) is -0.337. The van der Waals surface area contributed by atoms with Gasteiger partial charge < -0.3 is 14.2 Å². The van der Waals surface area contributed by atoms with Gasteiger partial charge in [0.25, 0.3) is 5.91 Å². The molecule has 3 aromatic rings. The highest BCUT2D eigenvalue weighted by Crippen LogP contribution is 2.30. The van der Waals surface area contributed by atoms with E-state index in [4.69, 9.17) is 37.4 Å². The predicted octanol–water partition coefficient (Wildman–Crippen LogP) is 5.32. The smallest absolute Gasteiger partial charge is 0.339 e. The molecule has 0 saturated heterocycles. The molecule has 0 radical (unpaired) electrons. The molecule has 1 amide bonds. The van der Waals surface area contributed by atoms with E-state index in [2.05, 4.69) is 10.3 Å². The zero-order chi connectivity index (χ0) is 22.5. The molecule has 1 N–H and O–H groups in total. The Morgan fingerprint density at radius 3 is 2.32 bits per heavy atom. The van der Waals surface area contributed by atoms with Crippen molar-refractivity contribution in [3.63, 3.8) is 0 Å². The van der Waals surface area contributed by atoms with Gasteiger partial charge in [-0.05, 0) is 31.2 Å². The Labute approximate surface area is 192 Å². The summed E-state index contributed by atoms with van der Waals surface area (Å²) in [5, 5.41) is 5.63. The van der Waals surface area contributed by atoms with Crippen LogP contribution < -0.4 is 14.8 Å². The van der Waals surface area contributed by atoms with E-state index < -0.39 is 18.0 Å². The lowest BCUT2D eigenvalue weighted by atomic mass is 10.2. The normalized spacial score (nSPS) is 11.5.